The summed E-state index contributed by atoms with van der Waals surface area (Å²) in [6.45, 7) is 2.74. The van der Waals surface area contributed by atoms with E-state index in [1.807, 2.05) is 49.4 Å². The molecule has 0 bridgehead atoms. The van der Waals surface area contributed by atoms with Crippen molar-refractivity contribution in [1.29, 1.82) is 0 Å². The van der Waals surface area contributed by atoms with Gasteiger partial charge in [0.15, 0.2) is 10.9 Å². The number of benzene rings is 3. The van der Waals surface area contributed by atoms with Crippen molar-refractivity contribution in [2.75, 3.05) is 11.5 Å². The summed E-state index contributed by atoms with van der Waals surface area (Å²) in [4.78, 5) is 32.6. The summed E-state index contributed by atoms with van der Waals surface area (Å²) in [7, 11) is 0. The number of hydrogen-bond donors (Lipinski definition) is 0. The number of carbonyl (C=O) groups is 2. The Morgan fingerprint density at radius 3 is 2.37 bits per heavy atom. The van der Waals surface area contributed by atoms with Crippen molar-refractivity contribution < 1.29 is 18.7 Å². The molecule has 0 saturated heterocycles. The molecule has 0 aliphatic rings. The third-order valence-corrected chi connectivity index (χ3v) is 6.50. The molecule has 0 unspecified atom stereocenters. The molecule has 6 nitrogen and oxygen atoms in total. The highest BCUT2D eigenvalue weighted by molar-refractivity contribution is 7.22. The Morgan fingerprint density at radius 2 is 1.66 bits per heavy atom. The van der Waals surface area contributed by atoms with Crippen LogP contribution in [0, 0.1) is 0 Å². The lowest BCUT2D eigenvalue weighted by Crippen LogP contribution is -2.30. The van der Waals surface area contributed by atoms with E-state index in [9.17, 15) is 9.59 Å². The van der Waals surface area contributed by atoms with E-state index < -0.39 is 0 Å². The SMILES string of the molecule is CCOc1ccc2nc(N(Cc3ccco3)C(=O)c3ccc(C(=O)c4ccccc4)cc3)sc2c1. The molecule has 3 aromatic carbocycles. The van der Waals surface area contributed by atoms with Crippen LogP contribution >= 0.6 is 11.3 Å². The topological polar surface area (TPSA) is 72.6 Å². The molecule has 0 spiro atoms. The van der Waals surface area contributed by atoms with Crippen molar-refractivity contribution in [2.24, 2.45) is 0 Å². The van der Waals surface area contributed by atoms with Gasteiger partial charge in [-0.1, -0.05) is 53.8 Å². The molecule has 0 fully saturated rings. The number of furan rings is 1. The maximum Gasteiger partial charge on any atom is 0.260 e. The molecule has 7 heteroatoms. The maximum atomic E-state index is 13.6. The third-order valence-electron chi connectivity index (χ3n) is 5.46. The zero-order chi connectivity index (χ0) is 24.2. The Morgan fingerprint density at radius 1 is 0.914 bits per heavy atom. The molecule has 0 radical (unpaired) electrons. The van der Waals surface area contributed by atoms with Crippen LogP contribution in [0.1, 0.15) is 39.0 Å². The zero-order valence-corrected chi connectivity index (χ0v) is 19.8. The van der Waals surface area contributed by atoms with Crippen LogP contribution in [0.25, 0.3) is 10.2 Å². The van der Waals surface area contributed by atoms with Crippen LogP contribution in [0.5, 0.6) is 5.75 Å². The van der Waals surface area contributed by atoms with Crippen LogP contribution < -0.4 is 9.64 Å². The summed E-state index contributed by atoms with van der Waals surface area (Å²) >= 11 is 1.41. The smallest absolute Gasteiger partial charge is 0.260 e. The molecular weight excluding hydrogens is 460 g/mol. The molecule has 1 amide bonds. The number of anilines is 1. The average molecular weight is 483 g/mol. The quantitative estimate of drug-likeness (QED) is 0.240. The molecule has 0 saturated carbocycles. The summed E-state index contributed by atoms with van der Waals surface area (Å²) < 4.78 is 12.0. The molecule has 0 aliphatic carbocycles. The van der Waals surface area contributed by atoms with E-state index in [0.29, 0.717) is 34.2 Å². The van der Waals surface area contributed by atoms with E-state index >= 15 is 0 Å². The van der Waals surface area contributed by atoms with E-state index in [-0.39, 0.29) is 18.2 Å². The Balaban J connectivity index is 1.46. The summed E-state index contributed by atoms with van der Waals surface area (Å²) in [5.74, 6) is 1.08. The minimum atomic E-state index is -0.232. The lowest BCUT2D eigenvalue weighted by Gasteiger charge is -2.19. The monoisotopic (exact) mass is 482 g/mol. The zero-order valence-electron chi connectivity index (χ0n) is 19.0. The normalized spacial score (nSPS) is 10.9. The summed E-state index contributed by atoms with van der Waals surface area (Å²) in [6.07, 6.45) is 1.58. The van der Waals surface area contributed by atoms with E-state index in [1.165, 1.54) is 11.3 Å². The van der Waals surface area contributed by atoms with Crippen molar-refractivity contribution in [3.8, 4) is 5.75 Å². The van der Waals surface area contributed by atoms with Gasteiger partial charge in [0.05, 0.1) is 29.6 Å². The average Bonchev–Trinajstić information content (AvgIpc) is 3.57. The third kappa shape index (κ3) is 4.85. The van der Waals surface area contributed by atoms with Gasteiger partial charge in [-0.2, -0.15) is 0 Å². The first-order valence-corrected chi connectivity index (χ1v) is 12.0. The Bertz CT molecular complexity index is 1460. The number of carbonyl (C=O) groups excluding carboxylic acids is 2. The van der Waals surface area contributed by atoms with Gasteiger partial charge in [-0.05, 0) is 49.4 Å². The predicted octanol–water partition coefficient (Wildman–Crippen LogP) is 6.37. The van der Waals surface area contributed by atoms with E-state index in [1.54, 1.807) is 53.6 Å². The van der Waals surface area contributed by atoms with Crippen molar-refractivity contribution in [3.05, 3.63) is 114 Å². The Hall–Kier alpha value is -4.23. The second-order valence-electron chi connectivity index (χ2n) is 7.80. The number of nitrogens with zero attached hydrogens (tertiary/aromatic N) is 2. The van der Waals surface area contributed by atoms with Gasteiger partial charge in [0, 0.05) is 16.7 Å². The van der Waals surface area contributed by atoms with E-state index in [2.05, 4.69) is 0 Å². The van der Waals surface area contributed by atoms with Crippen molar-refractivity contribution in [3.63, 3.8) is 0 Å². The maximum absolute atomic E-state index is 13.6. The Kier molecular flexibility index (Phi) is 6.41. The van der Waals surface area contributed by atoms with Crippen LogP contribution in [0.4, 0.5) is 5.13 Å². The van der Waals surface area contributed by atoms with E-state index in [0.717, 1.165) is 16.0 Å². The molecule has 0 aliphatic heterocycles. The number of ether oxygens (including phenoxy) is 1. The van der Waals surface area contributed by atoms with Gasteiger partial charge in [-0.15, -0.1) is 0 Å². The molecule has 0 N–H and O–H groups in total. The fourth-order valence-corrected chi connectivity index (χ4v) is 4.72. The van der Waals surface area contributed by atoms with Gasteiger partial charge >= 0.3 is 0 Å². The largest absolute Gasteiger partial charge is 0.494 e. The van der Waals surface area contributed by atoms with Gasteiger partial charge in [0.25, 0.3) is 5.91 Å². The molecule has 2 aromatic heterocycles. The second kappa shape index (κ2) is 9.95. The van der Waals surface area contributed by atoms with Gasteiger partial charge in [0.1, 0.15) is 11.5 Å². The summed E-state index contributed by atoms with van der Waals surface area (Å²) in [6, 6.07) is 25.1. The molecule has 0 atom stereocenters. The number of hydrogen-bond acceptors (Lipinski definition) is 6. The fraction of sp³-hybridized carbons (Fsp3) is 0.107. The highest BCUT2D eigenvalue weighted by atomic mass is 32.1. The first-order chi connectivity index (χ1) is 17.1. The minimum absolute atomic E-state index is 0.0895. The minimum Gasteiger partial charge on any atom is -0.494 e. The van der Waals surface area contributed by atoms with Crippen LogP contribution in [-0.2, 0) is 6.54 Å². The lowest BCUT2D eigenvalue weighted by atomic mass is 10.0. The first kappa shape index (κ1) is 22.6. The first-order valence-electron chi connectivity index (χ1n) is 11.2. The standard InChI is InChI=1S/C28H22N2O4S/c1-2-33-22-14-15-24-25(17-22)35-28(29-24)30(18-23-9-6-16-34-23)27(32)21-12-10-20(11-13-21)26(31)19-7-4-3-5-8-19/h3-17H,2,18H2,1H3. The molecule has 5 rings (SSSR count). The molecule has 35 heavy (non-hydrogen) atoms. The van der Waals surface area contributed by atoms with Crippen molar-refractivity contribution in [2.45, 2.75) is 13.5 Å². The fourth-order valence-electron chi connectivity index (χ4n) is 3.73. The number of fused-ring (bicyclic) bond motifs is 1. The second-order valence-corrected chi connectivity index (χ2v) is 8.81. The Labute approximate surface area is 206 Å². The highest BCUT2D eigenvalue weighted by Gasteiger charge is 2.23. The van der Waals surface area contributed by atoms with Gasteiger partial charge in [0.2, 0.25) is 0 Å². The molecular formula is C28H22N2O4S. The summed E-state index contributed by atoms with van der Waals surface area (Å²) in [5.41, 5.74) is 2.37. The molecule has 2 heterocycles. The molecule has 174 valence electrons. The number of ketones is 1. The summed E-state index contributed by atoms with van der Waals surface area (Å²) in [5, 5.41) is 0.555. The van der Waals surface area contributed by atoms with Crippen LogP contribution in [0.2, 0.25) is 0 Å². The van der Waals surface area contributed by atoms with Gasteiger partial charge in [-0.3, -0.25) is 14.5 Å². The molecule has 5 aromatic rings. The van der Waals surface area contributed by atoms with Crippen LogP contribution in [-0.4, -0.2) is 23.3 Å². The van der Waals surface area contributed by atoms with E-state index in [4.69, 9.17) is 14.1 Å². The lowest BCUT2D eigenvalue weighted by molar-refractivity contribution is 0.0981. The predicted molar refractivity (Wildman–Crippen MR) is 136 cm³/mol. The number of aromatic nitrogens is 1. The number of thiazole rings is 1. The van der Waals surface area contributed by atoms with Crippen LogP contribution in [0.15, 0.2) is 95.6 Å². The number of rotatable bonds is 8. The van der Waals surface area contributed by atoms with Gasteiger partial charge < -0.3 is 9.15 Å². The van der Waals surface area contributed by atoms with Gasteiger partial charge in [-0.25, -0.2) is 4.98 Å². The van der Waals surface area contributed by atoms with Crippen molar-refractivity contribution in [1.82, 2.24) is 4.98 Å². The van der Waals surface area contributed by atoms with Crippen molar-refractivity contribution >= 4 is 38.4 Å². The highest BCUT2D eigenvalue weighted by Crippen LogP contribution is 2.33. The van der Waals surface area contributed by atoms with Crippen LogP contribution in [0.3, 0.4) is 0 Å². The number of amides is 1.